The molecule has 0 saturated carbocycles. The van der Waals surface area contributed by atoms with Gasteiger partial charge < -0.3 is 9.47 Å². The van der Waals surface area contributed by atoms with Crippen LogP contribution in [-0.4, -0.2) is 24.2 Å². The number of pyridine rings is 1. The quantitative estimate of drug-likeness (QED) is 0.624. The molecule has 0 aliphatic rings. The second-order valence-electron chi connectivity index (χ2n) is 3.54. The van der Waals surface area contributed by atoms with Crippen molar-refractivity contribution in [3.63, 3.8) is 0 Å². The van der Waals surface area contributed by atoms with Crippen molar-refractivity contribution < 1.29 is 14.3 Å². The van der Waals surface area contributed by atoms with Gasteiger partial charge in [0.2, 0.25) is 0 Å². The fourth-order valence-electron chi connectivity index (χ4n) is 1.38. The summed E-state index contributed by atoms with van der Waals surface area (Å²) >= 11 is 0. The van der Waals surface area contributed by atoms with Gasteiger partial charge >= 0.3 is 5.97 Å². The Labute approximate surface area is 117 Å². The molecular weight excluding hydrogens is 266 g/mol. The summed E-state index contributed by atoms with van der Waals surface area (Å²) in [5.41, 5.74) is 0.442. The highest BCUT2D eigenvalue weighted by atomic mass is 35.5. The molecule has 0 aliphatic heterocycles. The summed E-state index contributed by atoms with van der Waals surface area (Å²) in [4.78, 5) is 15.4. The highest BCUT2D eigenvalue weighted by Gasteiger charge is 2.05. The molecule has 2 rings (SSSR count). The first-order valence-corrected chi connectivity index (χ1v) is 5.61. The first-order valence-electron chi connectivity index (χ1n) is 5.61. The van der Waals surface area contributed by atoms with Gasteiger partial charge in [-0.1, -0.05) is 18.2 Å². The third-order valence-corrected chi connectivity index (χ3v) is 2.23. The molecule has 1 heterocycles. The van der Waals surface area contributed by atoms with Gasteiger partial charge in [-0.15, -0.1) is 12.4 Å². The molecule has 19 heavy (non-hydrogen) atoms. The van der Waals surface area contributed by atoms with Gasteiger partial charge in [0.05, 0.1) is 5.56 Å². The number of aromatic nitrogens is 1. The van der Waals surface area contributed by atoms with Crippen molar-refractivity contribution in [2.75, 3.05) is 13.2 Å². The van der Waals surface area contributed by atoms with Gasteiger partial charge in [-0.05, 0) is 24.3 Å². The maximum atomic E-state index is 11.5. The lowest BCUT2D eigenvalue weighted by Crippen LogP contribution is -2.12. The smallest absolute Gasteiger partial charge is 0.339 e. The van der Waals surface area contributed by atoms with E-state index in [1.165, 1.54) is 6.20 Å². The Morgan fingerprint density at radius 3 is 2.53 bits per heavy atom. The molecule has 2 aromatic rings. The average Bonchev–Trinajstić information content (AvgIpc) is 2.45. The van der Waals surface area contributed by atoms with Crippen LogP contribution in [0.2, 0.25) is 0 Å². The second-order valence-corrected chi connectivity index (χ2v) is 3.54. The predicted molar refractivity (Wildman–Crippen MR) is 73.7 cm³/mol. The van der Waals surface area contributed by atoms with Gasteiger partial charge in [0.15, 0.2) is 0 Å². The van der Waals surface area contributed by atoms with Crippen LogP contribution in [0, 0.1) is 0 Å². The number of ether oxygens (including phenoxy) is 2. The van der Waals surface area contributed by atoms with Crippen LogP contribution in [0.25, 0.3) is 0 Å². The molecule has 0 fully saturated rings. The van der Waals surface area contributed by atoms with Gasteiger partial charge in [-0.25, -0.2) is 4.79 Å². The third-order valence-electron chi connectivity index (χ3n) is 2.23. The number of hydrogen-bond acceptors (Lipinski definition) is 4. The number of benzene rings is 1. The number of nitrogens with zero attached hydrogens (tertiary/aromatic N) is 1. The van der Waals surface area contributed by atoms with Gasteiger partial charge in [-0.3, -0.25) is 4.98 Å². The highest BCUT2D eigenvalue weighted by Crippen LogP contribution is 2.07. The van der Waals surface area contributed by atoms with E-state index in [4.69, 9.17) is 9.47 Å². The Morgan fingerprint density at radius 2 is 1.84 bits per heavy atom. The van der Waals surface area contributed by atoms with Gasteiger partial charge in [0, 0.05) is 12.4 Å². The average molecular weight is 280 g/mol. The monoisotopic (exact) mass is 279 g/mol. The minimum atomic E-state index is -0.389. The fourth-order valence-corrected chi connectivity index (χ4v) is 1.38. The molecule has 0 bridgehead atoms. The number of carbonyl (C=O) groups excluding carboxylic acids is 1. The van der Waals surface area contributed by atoms with Crippen molar-refractivity contribution in [3.8, 4) is 5.75 Å². The zero-order valence-electron chi connectivity index (χ0n) is 10.2. The van der Waals surface area contributed by atoms with Crippen LogP contribution >= 0.6 is 12.4 Å². The summed E-state index contributed by atoms with van der Waals surface area (Å²) in [7, 11) is 0. The lowest BCUT2D eigenvalue weighted by atomic mass is 10.3. The second kappa shape index (κ2) is 8.11. The molecule has 0 aliphatic carbocycles. The van der Waals surface area contributed by atoms with Crippen LogP contribution in [0.5, 0.6) is 5.75 Å². The van der Waals surface area contributed by atoms with E-state index in [1.54, 1.807) is 18.3 Å². The van der Waals surface area contributed by atoms with Crippen molar-refractivity contribution >= 4 is 18.4 Å². The van der Waals surface area contributed by atoms with E-state index in [0.29, 0.717) is 12.2 Å². The fraction of sp³-hybridized carbons (Fsp3) is 0.143. The van der Waals surface area contributed by atoms with Crippen LogP contribution < -0.4 is 4.74 Å². The van der Waals surface area contributed by atoms with E-state index in [2.05, 4.69) is 4.98 Å². The van der Waals surface area contributed by atoms with E-state index in [1.807, 2.05) is 30.3 Å². The summed E-state index contributed by atoms with van der Waals surface area (Å²) in [6, 6.07) is 12.7. The first kappa shape index (κ1) is 15.0. The Hall–Kier alpha value is -2.07. The molecule has 0 amide bonds. The van der Waals surface area contributed by atoms with Gasteiger partial charge in [0.25, 0.3) is 0 Å². The molecular formula is C14H14ClNO3. The number of rotatable bonds is 5. The molecule has 0 radical (unpaired) electrons. The van der Waals surface area contributed by atoms with E-state index in [9.17, 15) is 4.79 Å². The Balaban J connectivity index is 0.00000180. The summed E-state index contributed by atoms with van der Waals surface area (Å²) in [6.07, 6.45) is 3.08. The molecule has 0 spiro atoms. The Kier molecular flexibility index (Phi) is 6.39. The van der Waals surface area contributed by atoms with Crippen molar-refractivity contribution in [2.45, 2.75) is 0 Å². The molecule has 1 aromatic heterocycles. The van der Waals surface area contributed by atoms with Gasteiger partial charge in [-0.2, -0.15) is 0 Å². The van der Waals surface area contributed by atoms with Crippen LogP contribution in [0.15, 0.2) is 54.9 Å². The topological polar surface area (TPSA) is 48.4 Å². The maximum Gasteiger partial charge on any atom is 0.339 e. The maximum absolute atomic E-state index is 11.5. The molecule has 4 nitrogen and oxygen atoms in total. The van der Waals surface area contributed by atoms with Gasteiger partial charge in [0.1, 0.15) is 19.0 Å². The minimum absolute atomic E-state index is 0. The van der Waals surface area contributed by atoms with E-state index >= 15 is 0 Å². The Bertz CT molecular complexity index is 491. The van der Waals surface area contributed by atoms with Crippen LogP contribution in [0.1, 0.15) is 10.4 Å². The van der Waals surface area contributed by atoms with E-state index < -0.39 is 0 Å². The summed E-state index contributed by atoms with van der Waals surface area (Å²) in [5.74, 6) is 0.370. The van der Waals surface area contributed by atoms with Crippen LogP contribution in [0.3, 0.4) is 0 Å². The molecule has 0 N–H and O–H groups in total. The van der Waals surface area contributed by atoms with Crippen molar-refractivity contribution in [1.82, 2.24) is 4.98 Å². The SMILES string of the molecule is Cl.O=C(OCCOc1ccccc1)c1cccnc1. The minimum Gasteiger partial charge on any atom is -0.490 e. The summed E-state index contributed by atoms with van der Waals surface area (Å²) in [6.45, 7) is 0.540. The molecule has 0 unspecified atom stereocenters. The Morgan fingerprint density at radius 1 is 1.05 bits per heavy atom. The summed E-state index contributed by atoms with van der Waals surface area (Å²) in [5, 5.41) is 0. The van der Waals surface area contributed by atoms with Crippen molar-refractivity contribution in [2.24, 2.45) is 0 Å². The zero-order valence-corrected chi connectivity index (χ0v) is 11.0. The number of carbonyl (C=O) groups is 1. The van der Waals surface area contributed by atoms with Crippen LogP contribution in [0.4, 0.5) is 0 Å². The molecule has 0 saturated heterocycles. The molecule has 0 atom stereocenters. The van der Waals surface area contributed by atoms with Crippen molar-refractivity contribution in [1.29, 1.82) is 0 Å². The van der Waals surface area contributed by atoms with E-state index in [0.717, 1.165) is 5.75 Å². The number of halogens is 1. The largest absolute Gasteiger partial charge is 0.490 e. The zero-order chi connectivity index (χ0) is 12.6. The van der Waals surface area contributed by atoms with Crippen molar-refractivity contribution in [3.05, 3.63) is 60.4 Å². The lowest BCUT2D eigenvalue weighted by molar-refractivity contribution is 0.0450. The third kappa shape index (κ3) is 4.97. The van der Waals surface area contributed by atoms with E-state index in [-0.39, 0.29) is 25.0 Å². The predicted octanol–water partition coefficient (Wildman–Crippen LogP) is 2.74. The number of hydrogen-bond donors (Lipinski definition) is 0. The molecule has 1 aromatic carbocycles. The highest BCUT2D eigenvalue weighted by molar-refractivity contribution is 5.88. The normalized spacial score (nSPS) is 9.26. The molecule has 100 valence electrons. The number of para-hydroxylation sites is 1. The molecule has 5 heteroatoms. The lowest BCUT2D eigenvalue weighted by Gasteiger charge is -2.06. The standard InChI is InChI=1S/C14H13NO3.ClH/c16-14(12-5-4-8-15-11-12)18-10-9-17-13-6-2-1-3-7-13;/h1-8,11H,9-10H2;1H. The first-order chi connectivity index (χ1) is 8.86. The van der Waals surface area contributed by atoms with Crippen LogP contribution in [-0.2, 0) is 4.74 Å². The summed E-state index contributed by atoms with van der Waals surface area (Å²) < 4.78 is 10.4. The number of esters is 1.